The van der Waals surface area contributed by atoms with Crippen LogP contribution in [0.25, 0.3) is 11.1 Å². The van der Waals surface area contributed by atoms with E-state index in [-0.39, 0.29) is 11.0 Å². The molecule has 1 aliphatic rings. The number of halogens is 1. The van der Waals surface area contributed by atoms with Gasteiger partial charge in [-0.25, -0.2) is 4.79 Å². The third kappa shape index (κ3) is 2.44. The van der Waals surface area contributed by atoms with Crippen molar-refractivity contribution in [3.05, 3.63) is 52.0 Å². The number of hydrogen-bond acceptors (Lipinski definition) is 2. The molecule has 4 heteroatoms. The molecule has 2 aromatic carbocycles. The van der Waals surface area contributed by atoms with Crippen LogP contribution in [0.1, 0.15) is 29.8 Å². The SMILES string of the molecule is CC1(C)COc2ccc(-c3ccc(Br)c(C(=O)O)c3)cc21. The largest absolute Gasteiger partial charge is 0.492 e. The summed E-state index contributed by atoms with van der Waals surface area (Å²) in [5.74, 6) is -0.0205. The Morgan fingerprint density at radius 2 is 1.86 bits per heavy atom. The molecular weight excluding hydrogens is 332 g/mol. The zero-order valence-electron chi connectivity index (χ0n) is 11.8. The van der Waals surface area contributed by atoms with Crippen molar-refractivity contribution in [3.8, 4) is 16.9 Å². The molecule has 1 aliphatic heterocycles. The minimum absolute atomic E-state index is 0.0175. The predicted octanol–water partition coefficient (Wildman–Crippen LogP) is 4.48. The van der Waals surface area contributed by atoms with Crippen LogP contribution in [0.15, 0.2) is 40.9 Å². The van der Waals surface area contributed by atoms with Gasteiger partial charge >= 0.3 is 5.97 Å². The normalized spacial score (nSPS) is 15.4. The second-order valence-electron chi connectivity index (χ2n) is 5.88. The first-order valence-corrected chi connectivity index (χ1v) is 7.48. The van der Waals surface area contributed by atoms with Crippen LogP contribution in [0.5, 0.6) is 5.75 Å². The molecule has 1 heterocycles. The van der Waals surface area contributed by atoms with Crippen molar-refractivity contribution in [3.63, 3.8) is 0 Å². The van der Waals surface area contributed by atoms with Crippen LogP contribution in [-0.2, 0) is 5.41 Å². The highest BCUT2D eigenvalue weighted by molar-refractivity contribution is 9.10. The topological polar surface area (TPSA) is 46.5 Å². The van der Waals surface area contributed by atoms with Crippen LogP contribution in [0.3, 0.4) is 0 Å². The number of hydrogen-bond donors (Lipinski definition) is 1. The molecule has 3 rings (SSSR count). The van der Waals surface area contributed by atoms with Crippen LogP contribution >= 0.6 is 15.9 Å². The third-order valence-corrected chi connectivity index (χ3v) is 4.52. The molecule has 0 atom stereocenters. The number of aromatic carboxylic acids is 1. The van der Waals surface area contributed by atoms with Gasteiger partial charge < -0.3 is 9.84 Å². The highest BCUT2D eigenvalue weighted by atomic mass is 79.9. The molecule has 0 aromatic heterocycles. The third-order valence-electron chi connectivity index (χ3n) is 3.83. The molecule has 3 nitrogen and oxygen atoms in total. The Labute approximate surface area is 131 Å². The van der Waals surface area contributed by atoms with Crippen molar-refractivity contribution in [2.75, 3.05) is 6.61 Å². The number of ether oxygens (including phenoxy) is 1. The van der Waals surface area contributed by atoms with Gasteiger partial charge in [-0.1, -0.05) is 26.0 Å². The number of carboxylic acid groups (broad SMARTS) is 1. The molecule has 0 unspecified atom stereocenters. The minimum atomic E-state index is -0.937. The van der Waals surface area contributed by atoms with Gasteiger partial charge in [-0.3, -0.25) is 0 Å². The average molecular weight is 347 g/mol. The Kier molecular flexibility index (Phi) is 3.29. The van der Waals surface area contributed by atoms with Gasteiger partial charge in [0, 0.05) is 15.5 Å². The van der Waals surface area contributed by atoms with E-state index in [1.807, 2.05) is 18.2 Å². The van der Waals surface area contributed by atoms with Gasteiger partial charge in [-0.15, -0.1) is 0 Å². The van der Waals surface area contributed by atoms with E-state index < -0.39 is 5.97 Å². The Morgan fingerprint density at radius 3 is 2.57 bits per heavy atom. The second-order valence-corrected chi connectivity index (χ2v) is 6.74. The van der Waals surface area contributed by atoms with Gasteiger partial charge in [-0.05, 0) is 51.3 Å². The maximum Gasteiger partial charge on any atom is 0.336 e. The molecule has 0 saturated heterocycles. The van der Waals surface area contributed by atoms with E-state index in [2.05, 4.69) is 35.8 Å². The quantitative estimate of drug-likeness (QED) is 0.871. The molecule has 2 aromatic rings. The standard InChI is InChI=1S/C17H15BrO3/c1-17(2)9-21-15-6-4-11(8-13(15)17)10-3-5-14(18)12(7-10)16(19)20/h3-8H,9H2,1-2H3,(H,19,20). The van der Waals surface area contributed by atoms with Gasteiger partial charge in [0.1, 0.15) is 5.75 Å². The van der Waals surface area contributed by atoms with Crippen LogP contribution in [-0.4, -0.2) is 17.7 Å². The fourth-order valence-electron chi connectivity index (χ4n) is 2.57. The Hall–Kier alpha value is -1.81. The van der Waals surface area contributed by atoms with Gasteiger partial charge in [0.15, 0.2) is 0 Å². The van der Waals surface area contributed by atoms with Crippen molar-refractivity contribution in [2.45, 2.75) is 19.3 Å². The van der Waals surface area contributed by atoms with Crippen LogP contribution in [0.4, 0.5) is 0 Å². The fourth-order valence-corrected chi connectivity index (χ4v) is 2.99. The highest BCUT2D eigenvalue weighted by Crippen LogP contribution is 2.40. The lowest BCUT2D eigenvalue weighted by Crippen LogP contribution is -2.18. The second kappa shape index (κ2) is 4.88. The fraction of sp³-hybridized carbons (Fsp3) is 0.235. The van der Waals surface area contributed by atoms with Crippen molar-refractivity contribution in [1.82, 2.24) is 0 Å². The van der Waals surface area contributed by atoms with E-state index >= 15 is 0 Å². The number of rotatable bonds is 2. The number of carboxylic acids is 1. The van der Waals surface area contributed by atoms with Crippen molar-refractivity contribution in [2.24, 2.45) is 0 Å². The molecule has 0 bridgehead atoms. The summed E-state index contributed by atoms with van der Waals surface area (Å²) < 4.78 is 6.27. The van der Waals surface area contributed by atoms with Gasteiger partial charge in [0.2, 0.25) is 0 Å². The number of fused-ring (bicyclic) bond motifs is 1. The molecule has 0 spiro atoms. The molecule has 0 aliphatic carbocycles. The first-order valence-electron chi connectivity index (χ1n) is 6.69. The molecular formula is C17H15BrO3. The van der Waals surface area contributed by atoms with E-state index in [0.29, 0.717) is 11.1 Å². The van der Waals surface area contributed by atoms with E-state index in [1.54, 1.807) is 12.1 Å². The minimum Gasteiger partial charge on any atom is -0.492 e. The van der Waals surface area contributed by atoms with E-state index in [4.69, 9.17) is 4.74 Å². The maximum atomic E-state index is 11.2. The van der Waals surface area contributed by atoms with E-state index in [9.17, 15) is 9.90 Å². The predicted molar refractivity (Wildman–Crippen MR) is 85.1 cm³/mol. The molecule has 0 radical (unpaired) electrons. The highest BCUT2D eigenvalue weighted by Gasteiger charge is 2.31. The summed E-state index contributed by atoms with van der Waals surface area (Å²) in [6, 6.07) is 11.4. The molecule has 21 heavy (non-hydrogen) atoms. The van der Waals surface area contributed by atoms with Crippen LogP contribution in [0.2, 0.25) is 0 Å². The summed E-state index contributed by atoms with van der Waals surface area (Å²) in [7, 11) is 0. The Balaban J connectivity index is 2.10. The molecule has 0 fully saturated rings. The summed E-state index contributed by atoms with van der Waals surface area (Å²) in [4.78, 5) is 11.2. The summed E-state index contributed by atoms with van der Waals surface area (Å²) in [6.07, 6.45) is 0. The smallest absolute Gasteiger partial charge is 0.336 e. The van der Waals surface area contributed by atoms with Crippen LogP contribution < -0.4 is 4.74 Å². The average Bonchev–Trinajstić information content (AvgIpc) is 2.74. The summed E-state index contributed by atoms with van der Waals surface area (Å²) in [5, 5.41) is 9.22. The Bertz CT molecular complexity index is 735. The molecule has 0 saturated carbocycles. The van der Waals surface area contributed by atoms with Gasteiger partial charge in [-0.2, -0.15) is 0 Å². The van der Waals surface area contributed by atoms with Crippen molar-refractivity contribution in [1.29, 1.82) is 0 Å². The number of benzene rings is 2. The molecule has 0 amide bonds. The first-order chi connectivity index (χ1) is 9.88. The lowest BCUT2D eigenvalue weighted by atomic mass is 9.85. The number of carbonyl (C=O) groups is 1. The lowest BCUT2D eigenvalue weighted by molar-refractivity contribution is 0.0696. The summed E-state index contributed by atoms with van der Waals surface area (Å²) >= 11 is 3.27. The summed E-state index contributed by atoms with van der Waals surface area (Å²) in [5.41, 5.74) is 3.31. The monoisotopic (exact) mass is 346 g/mol. The van der Waals surface area contributed by atoms with Gasteiger partial charge in [0.05, 0.1) is 12.2 Å². The van der Waals surface area contributed by atoms with E-state index in [0.717, 1.165) is 16.9 Å². The first kappa shape index (κ1) is 14.1. The zero-order chi connectivity index (χ0) is 15.2. The van der Waals surface area contributed by atoms with Crippen molar-refractivity contribution >= 4 is 21.9 Å². The Morgan fingerprint density at radius 1 is 1.19 bits per heavy atom. The molecule has 108 valence electrons. The summed E-state index contributed by atoms with van der Waals surface area (Å²) in [6.45, 7) is 4.96. The molecule has 1 N–H and O–H groups in total. The van der Waals surface area contributed by atoms with E-state index in [1.165, 1.54) is 5.56 Å². The lowest BCUT2D eigenvalue weighted by Gasteiger charge is -2.16. The van der Waals surface area contributed by atoms with Crippen molar-refractivity contribution < 1.29 is 14.6 Å². The van der Waals surface area contributed by atoms with Crippen LogP contribution in [0, 0.1) is 0 Å². The zero-order valence-corrected chi connectivity index (χ0v) is 13.4. The van der Waals surface area contributed by atoms with Gasteiger partial charge in [0.25, 0.3) is 0 Å². The maximum absolute atomic E-state index is 11.2.